The Kier molecular flexibility index (Phi) is 3.43. The first kappa shape index (κ1) is 14.0. The van der Waals surface area contributed by atoms with Crippen molar-refractivity contribution in [3.8, 4) is 0 Å². The second-order valence-electron chi connectivity index (χ2n) is 5.16. The van der Waals surface area contributed by atoms with Gasteiger partial charge < -0.3 is 4.90 Å². The van der Waals surface area contributed by atoms with Crippen LogP contribution in [0.3, 0.4) is 0 Å². The zero-order chi connectivity index (χ0) is 15.0. The van der Waals surface area contributed by atoms with Crippen LogP contribution < -0.4 is 4.90 Å². The summed E-state index contributed by atoms with van der Waals surface area (Å²) >= 11 is 0. The fraction of sp³-hybridized carbons (Fsp3) is 0.429. The van der Waals surface area contributed by atoms with Gasteiger partial charge in [-0.15, -0.1) is 0 Å². The van der Waals surface area contributed by atoms with E-state index in [1.807, 2.05) is 0 Å². The predicted octanol–water partition coefficient (Wildman–Crippen LogP) is 3.55. The van der Waals surface area contributed by atoms with E-state index in [1.54, 1.807) is 4.90 Å². The van der Waals surface area contributed by atoms with Crippen molar-refractivity contribution < 1.29 is 17.6 Å². The smallest absolute Gasteiger partial charge is 0.356 e. The molecule has 3 nitrogen and oxygen atoms in total. The molecule has 0 saturated carbocycles. The van der Waals surface area contributed by atoms with Gasteiger partial charge in [-0.1, -0.05) is 0 Å². The minimum atomic E-state index is -4.15. The lowest BCUT2D eigenvalue weighted by Crippen LogP contribution is -2.39. The molecule has 3 rings (SSSR count). The number of benzene rings is 1. The summed E-state index contributed by atoms with van der Waals surface area (Å²) in [5, 5.41) is 0.531. The van der Waals surface area contributed by atoms with Crippen molar-refractivity contribution in [1.29, 1.82) is 0 Å². The molecule has 2 aromatic rings. The molecule has 1 aliphatic rings. The van der Waals surface area contributed by atoms with Gasteiger partial charge in [0.1, 0.15) is 18.0 Å². The van der Waals surface area contributed by atoms with Crippen LogP contribution in [-0.4, -0.2) is 29.2 Å². The molecule has 0 amide bonds. The third kappa shape index (κ3) is 2.77. The molecular formula is C14H13F4N3. The maximum Gasteiger partial charge on any atom is 0.391 e. The minimum absolute atomic E-state index is 0.0321. The van der Waals surface area contributed by atoms with Crippen LogP contribution in [0.2, 0.25) is 0 Å². The highest BCUT2D eigenvalue weighted by molar-refractivity contribution is 5.89. The van der Waals surface area contributed by atoms with E-state index < -0.39 is 17.9 Å². The number of piperidine rings is 1. The van der Waals surface area contributed by atoms with Gasteiger partial charge in [-0.25, -0.2) is 14.4 Å². The molecule has 1 saturated heterocycles. The van der Waals surface area contributed by atoms with Crippen molar-refractivity contribution in [2.45, 2.75) is 19.0 Å². The standard InChI is InChI=1S/C14H13F4N3/c15-10-1-2-12-11(7-10)13(20-8-19-12)21-5-3-9(4-6-21)14(16,17)18/h1-2,7-9H,3-6H2. The number of alkyl halides is 3. The topological polar surface area (TPSA) is 29.0 Å². The summed E-state index contributed by atoms with van der Waals surface area (Å²) in [6.07, 6.45) is -2.73. The molecule has 7 heteroatoms. The Morgan fingerprint density at radius 3 is 2.48 bits per heavy atom. The van der Waals surface area contributed by atoms with Gasteiger partial charge in [-0.2, -0.15) is 13.2 Å². The second kappa shape index (κ2) is 5.13. The number of halogens is 4. The Morgan fingerprint density at radius 1 is 1.10 bits per heavy atom. The number of hydrogen-bond acceptors (Lipinski definition) is 3. The fourth-order valence-electron chi connectivity index (χ4n) is 2.69. The van der Waals surface area contributed by atoms with Crippen LogP contribution in [0.25, 0.3) is 10.9 Å². The first-order valence-electron chi connectivity index (χ1n) is 6.67. The van der Waals surface area contributed by atoms with Gasteiger partial charge in [0.15, 0.2) is 0 Å². The van der Waals surface area contributed by atoms with Gasteiger partial charge in [0, 0.05) is 18.5 Å². The maximum absolute atomic E-state index is 13.4. The molecule has 1 aromatic carbocycles. The van der Waals surface area contributed by atoms with Crippen LogP contribution in [-0.2, 0) is 0 Å². The van der Waals surface area contributed by atoms with Gasteiger partial charge in [0.05, 0.1) is 11.4 Å². The molecule has 1 aliphatic heterocycles. The predicted molar refractivity (Wildman–Crippen MR) is 70.5 cm³/mol. The summed E-state index contributed by atoms with van der Waals surface area (Å²) in [7, 11) is 0. The van der Waals surface area contributed by atoms with E-state index >= 15 is 0 Å². The van der Waals surface area contributed by atoms with Crippen LogP contribution >= 0.6 is 0 Å². The highest BCUT2D eigenvalue weighted by atomic mass is 19.4. The Labute approximate surface area is 118 Å². The average molecular weight is 299 g/mol. The number of rotatable bonds is 1. The highest BCUT2D eigenvalue weighted by Crippen LogP contribution is 2.36. The molecule has 0 radical (unpaired) electrons. The molecule has 0 N–H and O–H groups in total. The van der Waals surface area contributed by atoms with Crippen molar-refractivity contribution >= 4 is 16.7 Å². The lowest BCUT2D eigenvalue weighted by atomic mass is 9.96. The third-order valence-electron chi connectivity index (χ3n) is 3.83. The van der Waals surface area contributed by atoms with Crippen LogP contribution in [0.15, 0.2) is 24.5 Å². The summed E-state index contributed by atoms with van der Waals surface area (Å²) in [5.41, 5.74) is 0.583. The molecule has 21 heavy (non-hydrogen) atoms. The minimum Gasteiger partial charge on any atom is -0.356 e. The SMILES string of the molecule is Fc1ccc2ncnc(N3CCC(C(F)(F)F)CC3)c2c1. The van der Waals surface area contributed by atoms with E-state index in [9.17, 15) is 17.6 Å². The van der Waals surface area contributed by atoms with Crippen molar-refractivity contribution in [3.63, 3.8) is 0 Å². The second-order valence-corrected chi connectivity index (χ2v) is 5.16. The Hall–Kier alpha value is -1.92. The first-order chi connectivity index (χ1) is 9.95. The van der Waals surface area contributed by atoms with Crippen LogP contribution in [0.1, 0.15) is 12.8 Å². The zero-order valence-corrected chi connectivity index (χ0v) is 11.1. The van der Waals surface area contributed by atoms with Gasteiger partial charge >= 0.3 is 6.18 Å². The van der Waals surface area contributed by atoms with E-state index in [-0.39, 0.29) is 25.9 Å². The average Bonchev–Trinajstić information content (AvgIpc) is 2.46. The number of anilines is 1. The summed E-state index contributed by atoms with van der Waals surface area (Å²) in [6, 6.07) is 4.16. The number of nitrogens with zero attached hydrogens (tertiary/aromatic N) is 3. The molecule has 1 aromatic heterocycles. The zero-order valence-electron chi connectivity index (χ0n) is 11.1. The van der Waals surface area contributed by atoms with Gasteiger partial charge in [-0.05, 0) is 31.0 Å². The summed E-state index contributed by atoms with van der Waals surface area (Å²) < 4.78 is 51.4. The quantitative estimate of drug-likeness (QED) is 0.754. The number of hydrogen-bond donors (Lipinski definition) is 0. The lowest BCUT2D eigenvalue weighted by molar-refractivity contribution is -0.179. The normalized spacial score (nSPS) is 17.4. The van der Waals surface area contributed by atoms with E-state index in [2.05, 4.69) is 9.97 Å². The monoisotopic (exact) mass is 299 g/mol. The van der Waals surface area contributed by atoms with E-state index in [0.29, 0.717) is 16.7 Å². The van der Waals surface area contributed by atoms with Crippen molar-refractivity contribution in [3.05, 3.63) is 30.3 Å². The summed E-state index contributed by atoms with van der Waals surface area (Å²) in [5.74, 6) is -1.18. The van der Waals surface area contributed by atoms with Crippen molar-refractivity contribution in [2.75, 3.05) is 18.0 Å². The van der Waals surface area contributed by atoms with E-state index in [1.165, 1.54) is 24.5 Å². The largest absolute Gasteiger partial charge is 0.391 e. The summed E-state index contributed by atoms with van der Waals surface area (Å²) in [6.45, 7) is 0.513. The molecule has 0 bridgehead atoms. The molecule has 0 spiro atoms. The Bertz CT molecular complexity index is 648. The summed E-state index contributed by atoms with van der Waals surface area (Å²) in [4.78, 5) is 9.94. The maximum atomic E-state index is 13.4. The van der Waals surface area contributed by atoms with Gasteiger partial charge in [-0.3, -0.25) is 0 Å². The van der Waals surface area contributed by atoms with Crippen LogP contribution in [0.5, 0.6) is 0 Å². The van der Waals surface area contributed by atoms with E-state index in [0.717, 1.165) is 0 Å². The fourth-order valence-corrected chi connectivity index (χ4v) is 2.69. The molecule has 2 heterocycles. The van der Waals surface area contributed by atoms with Crippen LogP contribution in [0, 0.1) is 11.7 Å². The molecule has 0 unspecified atom stereocenters. The van der Waals surface area contributed by atoms with Gasteiger partial charge in [0.25, 0.3) is 0 Å². The van der Waals surface area contributed by atoms with Crippen molar-refractivity contribution in [1.82, 2.24) is 9.97 Å². The molecule has 1 fully saturated rings. The van der Waals surface area contributed by atoms with Crippen molar-refractivity contribution in [2.24, 2.45) is 5.92 Å². The Morgan fingerprint density at radius 2 is 1.81 bits per heavy atom. The Balaban J connectivity index is 1.87. The van der Waals surface area contributed by atoms with Gasteiger partial charge in [0.2, 0.25) is 0 Å². The number of aromatic nitrogens is 2. The first-order valence-corrected chi connectivity index (χ1v) is 6.67. The highest BCUT2D eigenvalue weighted by Gasteiger charge is 2.41. The molecule has 112 valence electrons. The molecular weight excluding hydrogens is 286 g/mol. The van der Waals surface area contributed by atoms with E-state index in [4.69, 9.17) is 0 Å². The third-order valence-corrected chi connectivity index (χ3v) is 3.83. The molecule has 0 aliphatic carbocycles. The molecule has 0 atom stereocenters. The lowest BCUT2D eigenvalue weighted by Gasteiger charge is -2.34. The number of fused-ring (bicyclic) bond motifs is 1. The van der Waals surface area contributed by atoms with Crippen LogP contribution in [0.4, 0.5) is 23.4 Å².